The maximum absolute atomic E-state index is 11.8. The first-order chi connectivity index (χ1) is 9.65. The molecule has 5 nitrogen and oxygen atoms in total. The standard InChI is InChI=1S/C15H15N3O2/c1-11-4-6-12(7-5-11)15(20)17-10-14(19)18-13-3-2-8-16-9-13/h2-9H,10H2,1H3,(H,17,20)(H,18,19). The molecule has 0 aliphatic heterocycles. The van der Waals surface area contributed by atoms with Crippen molar-refractivity contribution in [2.75, 3.05) is 11.9 Å². The predicted molar refractivity (Wildman–Crippen MR) is 76.4 cm³/mol. The Kier molecular flexibility index (Phi) is 4.44. The van der Waals surface area contributed by atoms with Gasteiger partial charge in [0.2, 0.25) is 5.91 Å². The molecule has 0 atom stereocenters. The zero-order valence-electron chi connectivity index (χ0n) is 11.1. The summed E-state index contributed by atoms with van der Waals surface area (Å²) in [5.74, 6) is -0.565. The van der Waals surface area contributed by atoms with Crippen LogP contribution in [0.2, 0.25) is 0 Å². The summed E-state index contributed by atoms with van der Waals surface area (Å²) in [6.07, 6.45) is 3.16. The Labute approximate surface area is 117 Å². The molecule has 2 aromatic rings. The maximum Gasteiger partial charge on any atom is 0.251 e. The highest BCUT2D eigenvalue weighted by molar-refractivity contribution is 5.99. The Morgan fingerprint density at radius 2 is 1.90 bits per heavy atom. The van der Waals surface area contributed by atoms with Crippen LogP contribution in [0.1, 0.15) is 15.9 Å². The lowest BCUT2D eigenvalue weighted by Gasteiger charge is -2.06. The number of anilines is 1. The van der Waals surface area contributed by atoms with Gasteiger partial charge in [0.25, 0.3) is 5.91 Å². The highest BCUT2D eigenvalue weighted by Gasteiger charge is 2.07. The molecule has 2 N–H and O–H groups in total. The van der Waals surface area contributed by atoms with Crippen LogP contribution in [0.15, 0.2) is 48.8 Å². The first-order valence-corrected chi connectivity index (χ1v) is 6.20. The van der Waals surface area contributed by atoms with Crippen molar-refractivity contribution in [3.8, 4) is 0 Å². The van der Waals surface area contributed by atoms with Crippen LogP contribution in [0, 0.1) is 6.92 Å². The number of aromatic nitrogens is 1. The van der Waals surface area contributed by atoms with Crippen molar-refractivity contribution in [1.29, 1.82) is 0 Å². The quantitative estimate of drug-likeness (QED) is 0.888. The third-order valence-electron chi connectivity index (χ3n) is 2.67. The van der Waals surface area contributed by atoms with E-state index < -0.39 is 0 Å². The van der Waals surface area contributed by atoms with Gasteiger partial charge in [-0.05, 0) is 31.2 Å². The number of carbonyl (C=O) groups excluding carboxylic acids is 2. The van der Waals surface area contributed by atoms with Gasteiger partial charge in [0, 0.05) is 11.8 Å². The van der Waals surface area contributed by atoms with Crippen LogP contribution in [0.4, 0.5) is 5.69 Å². The molecule has 0 aliphatic rings. The normalized spacial score (nSPS) is 9.85. The number of amides is 2. The third kappa shape index (κ3) is 3.91. The fourth-order valence-electron chi connectivity index (χ4n) is 1.61. The number of nitrogens with one attached hydrogen (secondary N) is 2. The molecule has 1 heterocycles. The molecule has 20 heavy (non-hydrogen) atoms. The smallest absolute Gasteiger partial charge is 0.251 e. The lowest BCUT2D eigenvalue weighted by molar-refractivity contribution is -0.115. The van der Waals surface area contributed by atoms with Crippen molar-refractivity contribution >= 4 is 17.5 Å². The average molecular weight is 269 g/mol. The first-order valence-electron chi connectivity index (χ1n) is 6.20. The molecule has 1 aromatic carbocycles. The minimum absolute atomic E-state index is 0.0817. The minimum atomic E-state index is -0.293. The average Bonchev–Trinajstić information content (AvgIpc) is 2.46. The summed E-state index contributed by atoms with van der Waals surface area (Å²) < 4.78 is 0. The zero-order valence-corrected chi connectivity index (χ0v) is 11.1. The van der Waals surface area contributed by atoms with Crippen LogP contribution in [0.5, 0.6) is 0 Å². The summed E-state index contributed by atoms with van der Waals surface area (Å²) in [5, 5.41) is 5.21. The summed E-state index contributed by atoms with van der Waals surface area (Å²) in [6.45, 7) is 1.87. The van der Waals surface area contributed by atoms with Gasteiger partial charge in [-0.1, -0.05) is 17.7 Å². The predicted octanol–water partition coefficient (Wildman–Crippen LogP) is 1.76. The fraction of sp³-hybridized carbons (Fsp3) is 0.133. The molecule has 0 saturated carbocycles. The lowest BCUT2D eigenvalue weighted by Crippen LogP contribution is -2.32. The Morgan fingerprint density at radius 3 is 2.55 bits per heavy atom. The number of pyridine rings is 1. The van der Waals surface area contributed by atoms with Gasteiger partial charge >= 0.3 is 0 Å². The van der Waals surface area contributed by atoms with Gasteiger partial charge in [-0.2, -0.15) is 0 Å². The van der Waals surface area contributed by atoms with Crippen LogP contribution in [0.25, 0.3) is 0 Å². The van der Waals surface area contributed by atoms with Crippen LogP contribution in [-0.4, -0.2) is 23.3 Å². The Morgan fingerprint density at radius 1 is 1.15 bits per heavy atom. The molecule has 0 bridgehead atoms. The second-order valence-electron chi connectivity index (χ2n) is 4.34. The molecule has 2 rings (SSSR count). The summed E-state index contributed by atoms with van der Waals surface area (Å²) in [6, 6.07) is 10.6. The Hall–Kier alpha value is -2.69. The highest BCUT2D eigenvalue weighted by Crippen LogP contribution is 2.03. The van der Waals surface area contributed by atoms with Gasteiger partial charge in [-0.15, -0.1) is 0 Å². The summed E-state index contributed by atoms with van der Waals surface area (Å²) in [7, 11) is 0. The van der Waals surface area contributed by atoms with Crippen molar-refractivity contribution in [1.82, 2.24) is 10.3 Å². The Balaban J connectivity index is 1.84. The molecular weight excluding hydrogens is 254 g/mol. The van der Waals surface area contributed by atoms with Crippen LogP contribution < -0.4 is 10.6 Å². The number of aryl methyl sites for hydroxylation is 1. The number of carbonyl (C=O) groups is 2. The van der Waals surface area contributed by atoms with E-state index in [1.54, 1.807) is 36.7 Å². The van der Waals surface area contributed by atoms with E-state index in [4.69, 9.17) is 0 Å². The van der Waals surface area contributed by atoms with Crippen molar-refractivity contribution < 1.29 is 9.59 Å². The SMILES string of the molecule is Cc1ccc(C(=O)NCC(=O)Nc2cccnc2)cc1. The second-order valence-corrected chi connectivity index (χ2v) is 4.34. The highest BCUT2D eigenvalue weighted by atomic mass is 16.2. The number of hydrogen-bond donors (Lipinski definition) is 2. The molecule has 5 heteroatoms. The van der Waals surface area contributed by atoms with Gasteiger partial charge in [0.05, 0.1) is 18.4 Å². The van der Waals surface area contributed by atoms with Gasteiger partial charge in [0.15, 0.2) is 0 Å². The number of hydrogen-bond acceptors (Lipinski definition) is 3. The van der Waals surface area contributed by atoms with Gasteiger partial charge in [-0.3, -0.25) is 14.6 Å². The first kappa shape index (κ1) is 13.7. The number of nitrogens with zero attached hydrogens (tertiary/aromatic N) is 1. The van der Waals surface area contributed by atoms with Crippen LogP contribution >= 0.6 is 0 Å². The summed E-state index contributed by atoms with van der Waals surface area (Å²) in [4.78, 5) is 27.3. The molecule has 0 saturated heterocycles. The second kappa shape index (κ2) is 6.47. The number of rotatable bonds is 4. The number of benzene rings is 1. The molecule has 1 aromatic heterocycles. The molecule has 0 aliphatic carbocycles. The van der Waals surface area contributed by atoms with E-state index in [0.29, 0.717) is 11.3 Å². The van der Waals surface area contributed by atoms with Crippen molar-refractivity contribution in [2.24, 2.45) is 0 Å². The molecule has 0 spiro atoms. The van der Waals surface area contributed by atoms with Crippen molar-refractivity contribution in [3.63, 3.8) is 0 Å². The molecule has 102 valence electrons. The van der Waals surface area contributed by atoms with Gasteiger partial charge in [0.1, 0.15) is 0 Å². The largest absolute Gasteiger partial charge is 0.343 e. The lowest BCUT2D eigenvalue weighted by atomic mass is 10.1. The third-order valence-corrected chi connectivity index (χ3v) is 2.67. The van der Waals surface area contributed by atoms with E-state index in [2.05, 4.69) is 15.6 Å². The van der Waals surface area contributed by atoms with E-state index in [9.17, 15) is 9.59 Å². The van der Waals surface area contributed by atoms with Gasteiger partial charge in [-0.25, -0.2) is 0 Å². The van der Waals surface area contributed by atoms with Gasteiger partial charge < -0.3 is 10.6 Å². The molecule has 2 amide bonds. The molecule has 0 radical (unpaired) electrons. The minimum Gasteiger partial charge on any atom is -0.343 e. The van der Waals surface area contributed by atoms with E-state index in [0.717, 1.165) is 5.56 Å². The topological polar surface area (TPSA) is 71.1 Å². The van der Waals surface area contributed by atoms with E-state index in [1.807, 2.05) is 19.1 Å². The molecule has 0 unspecified atom stereocenters. The summed E-state index contributed by atoms with van der Waals surface area (Å²) >= 11 is 0. The van der Waals surface area contributed by atoms with Crippen LogP contribution in [-0.2, 0) is 4.79 Å². The van der Waals surface area contributed by atoms with E-state index >= 15 is 0 Å². The maximum atomic E-state index is 11.8. The van der Waals surface area contributed by atoms with E-state index in [-0.39, 0.29) is 18.4 Å². The molecular formula is C15H15N3O2. The van der Waals surface area contributed by atoms with E-state index in [1.165, 1.54) is 0 Å². The monoisotopic (exact) mass is 269 g/mol. The Bertz CT molecular complexity index is 594. The van der Waals surface area contributed by atoms with Crippen LogP contribution in [0.3, 0.4) is 0 Å². The fourth-order valence-corrected chi connectivity index (χ4v) is 1.61. The molecule has 0 fully saturated rings. The van der Waals surface area contributed by atoms with Crippen molar-refractivity contribution in [3.05, 3.63) is 59.9 Å². The van der Waals surface area contributed by atoms with Crippen molar-refractivity contribution in [2.45, 2.75) is 6.92 Å². The zero-order chi connectivity index (χ0) is 14.4. The summed E-state index contributed by atoms with van der Waals surface area (Å²) in [5.41, 5.74) is 2.21.